The van der Waals surface area contributed by atoms with Crippen LogP contribution in [0.15, 0.2) is 24.3 Å². The fourth-order valence-electron chi connectivity index (χ4n) is 2.60. The van der Waals surface area contributed by atoms with E-state index in [-0.39, 0.29) is 18.2 Å². The van der Waals surface area contributed by atoms with Gasteiger partial charge in [-0.05, 0) is 13.1 Å². The van der Waals surface area contributed by atoms with Crippen LogP contribution in [-0.2, 0) is 10.3 Å². The van der Waals surface area contributed by atoms with E-state index in [1.54, 1.807) is 0 Å². The third kappa shape index (κ3) is 1.89. The van der Waals surface area contributed by atoms with Crippen LogP contribution < -0.4 is 15.8 Å². The minimum absolute atomic E-state index is 0.190. The van der Waals surface area contributed by atoms with Crippen LogP contribution in [0.3, 0.4) is 0 Å². The van der Waals surface area contributed by atoms with Gasteiger partial charge in [0.25, 0.3) is 0 Å². The van der Waals surface area contributed by atoms with Gasteiger partial charge in [0, 0.05) is 17.9 Å². The smallest absolute Gasteiger partial charge is 0.219 e. The van der Waals surface area contributed by atoms with Crippen LogP contribution in [0.1, 0.15) is 18.9 Å². The second-order valence-corrected chi connectivity index (χ2v) is 4.57. The van der Waals surface area contributed by atoms with Gasteiger partial charge in [0.2, 0.25) is 5.91 Å². The lowest BCUT2D eigenvalue weighted by Crippen LogP contribution is -2.52. The fourth-order valence-corrected chi connectivity index (χ4v) is 2.60. The van der Waals surface area contributed by atoms with Gasteiger partial charge in [0.05, 0.1) is 12.1 Å². The van der Waals surface area contributed by atoms with Gasteiger partial charge in [0.15, 0.2) is 0 Å². The Hall–Kier alpha value is -1.55. The lowest BCUT2D eigenvalue weighted by Gasteiger charge is -2.43. The highest BCUT2D eigenvalue weighted by Crippen LogP contribution is 2.42. The minimum atomic E-state index is -0.416. The Morgan fingerprint density at radius 1 is 1.59 bits per heavy atom. The Balaban J connectivity index is 2.52. The Morgan fingerprint density at radius 3 is 2.94 bits per heavy atom. The number of nitrogens with two attached hydrogens (primary N) is 1. The number of rotatable bonds is 3. The molecule has 1 aliphatic rings. The van der Waals surface area contributed by atoms with Crippen molar-refractivity contribution in [2.45, 2.75) is 18.9 Å². The number of para-hydroxylation sites is 1. The van der Waals surface area contributed by atoms with Crippen LogP contribution in [0.25, 0.3) is 0 Å². The number of fused-ring (bicyclic) bond motifs is 1. The molecule has 0 fully saturated rings. The number of ether oxygens (including phenoxy) is 1. The van der Waals surface area contributed by atoms with Crippen molar-refractivity contribution in [2.75, 3.05) is 13.7 Å². The first-order chi connectivity index (χ1) is 8.10. The van der Waals surface area contributed by atoms with Crippen molar-refractivity contribution in [3.8, 4) is 5.75 Å². The SMILES string of the molecule is CNC1(CC(N)=O)c2ccccc2OCC1C. The van der Waals surface area contributed by atoms with E-state index < -0.39 is 5.54 Å². The van der Waals surface area contributed by atoms with Crippen molar-refractivity contribution in [2.24, 2.45) is 11.7 Å². The molecule has 1 aliphatic heterocycles. The maximum Gasteiger partial charge on any atom is 0.219 e. The number of nitrogens with one attached hydrogen (secondary N) is 1. The van der Waals surface area contributed by atoms with Crippen molar-refractivity contribution in [3.63, 3.8) is 0 Å². The highest BCUT2D eigenvalue weighted by Gasteiger charge is 2.43. The number of primary amides is 1. The monoisotopic (exact) mass is 234 g/mol. The first-order valence-electron chi connectivity index (χ1n) is 5.79. The van der Waals surface area contributed by atoms with E-state index in [9.17, 15) is 4.79 Å². The van der Waals surface area contributed by atoms with E-state index in [0.29, 0.717) is 6.61 Å². The van der Waals surface area contributed by atoms with Gasteiger partial charge in [-0.25, -0.2) is 0 Å². The van der Waals surface area contributed by atoms with E-state index in [1.807, 2.05) is 31.3 Å². The summed E-state index contributed by atoms with van der Waals surface area (Å²) in [6.45, 7) is 2.65. The molecule has 0 radical (unpaired) electrons. The molecule has 2 rings (SSSR count). The standard InChI is InChI=1S/C13H18N2O2/c1-9-8-17-11-6-4-3-5-10(11)13(9,15-2)7-12(14)16/h3-6,9,15H,7-8H2,1-2H3,(H2,14,16). The normalized spacial score (nSPS) is 27.1. The van der Waals surface area contributed by atoms with Gasteiger partial charge in [-0.1, -0.05) is 25.1 Å². The number of carbonyl (C=O) groups excluding carboxylic acids is 1. The lowest BCUT2D eigenvalue weighted by molar-refractivity contribution is -0.120. The number of hydrogen-bond acceptors (Lipinski definition) is 3. The average Bonchev–Trinajstić information content (AvgIpc) is 2.32. The maximum absolute atomic E-state index is 11.3. The van der Waals surface area contributed by atoms with E-state index in [2.05, 4.69) is 12.2 Å². The molecular formula is C13H18N2O2. The van der Waals surface area contributed by atoms with Crippen LogP contribution in [0.4, 0.5) is 0 Å². The van der Waals surface area contributed by atoms with Crippen molar-refractivity contribution in [1.82, 2.24) is 5.32 Å². The maximum atomic E-state index is 11.3. The molecule has 3 N–H and O–H groups in total. The quantitative estimate of drug-likeness (QED) is 0.820. The van der Waals surface area contributed by atoms with Gasteiger partial charge in [-0.2, -0.15) is 0 Å². The van der Waals surface area contributed by atoms with Gasteiger partial charge in [0.1, 0.15) is 5.75 Å². The molecule has 4 nitrogen and oxygen atoms in total. The molecule has 1 amide bonds. The zero-order chi connectivity index (χ0) is 12.5. The molecule has 1 aromatic carbocycles. The van der Waals surface area contributed by atoms with Gasteiger partial charge in [-0.3, -0.25) is 4.79 Å². The number of carbonyl (C=O) groups is 1. The summed E-state index contributed by atoms with van der Waals surface area (Å²) in [5, 5.41) is 3.27. The summed E-state index contributed by atoms with van der Waals surface area (Å²) in [5.41, 5.74) is 5.98. The third-order valence-corrected chi connectivity index (χ3v) is 3.60. The second-order valence-electron chi connectivity index (χ2n) is 4.57. The predicted octanol–water partition coefficient (Wildman–Crippen LogP) is 1.01. The highest BCUT2D eigenvalue weighted by atomic mass is 16.5. The first kappa shape index (κ1) is 11.9. The molecule has 92 valence electrons. The summed E-state index contributed by atoms with van der Waals surface area (Å²) < 4.78 is 5.68. The van der Waals surface area contributed by atoms with Crippen LogP contribution >= 0.6 is 0 Å². The molecule has 0 bridgehead atoms. The van der Waals surface area contributed by atoms with E-state index in [1.165, 1.54) is 0 Å². The van der Waals surface area contributed by atoms with Crippen molar-refractivity contribution in [1.29, 1.82) is 0 Å². The summed E-state index contributed by atoms with van der Waals surface area (Å²) in [7, 11) is 1.86. The molecular weight excluding hydrogens is 216 g/mol. The fraction of sp³-hybridized carbons (Fsp3) is 0.462. The van der Waals surface area contributed by atoms with Gasteiger partial charge >= 0.3 is 0 Å². The predicted molar refractivity (Wildman–Crippen MR) is 65.7 cm³/mol. The highest BCUT2D eigenvalue weighted by molar-refractivity contribution is 5.76. The molecule has 2 atom stereocenters. The third-order valence-electron chi connectivity index (χ3n) is 3.60. The summed E-state index contributed by atoms with van der Waals surface area (Å²) in [6.07, 6.45) is 0.283. The summed E-state index contributed by atoms with van der Waals surface area (Å²) in [6, 6.07) is 7.80. The Morgan fingerprint density at radius 2 is 2.29 bits per heavy atom. The number of amides is 1. The molecule has 4 heteroatoms. The summed E-state index contributed by atoms with van der Waals surface area (Å²) in [4.78, 5) is 11.3. The van der Waals surface area contributed by atoms with E-state index >= 15 is 0 Å². The lowest BCUT2D eigenvalue weighted by atomic mass is 9.74. The summed E-state index contributed by atoms with van der Waals surface area (Å²) in [5.74, 6) is 0.721. The topological polar surface area (TPSA) is 64.3 Å². The first-order valence-corrected chi connectivity index (χ1v) is 5.79. The zero-order valence-electron chi connectivity index (χ0n) is 10.2. The Bertz CT molecular complexity index is 433. The molecule has 0 saturated heterocycles. The van der Waals surface area contributed by atoms with Gasteiger partial charge < -0.3 is 15.8 Å². The van der Waals surface area contributed by atoms with Crippen molar-refractivity contribution >= 4 is 5.91 Å². The summed E-state index contributed by atoms with van der Waals surface area (Å²) >= 11 is 0. The molecule has 0 aliphatic carbocycles. The molecule has 0 aromatic heterocycles. The molecule has 2 unspecified atom stereocenters. The van der Waals surface area contributed by atoms with Crippen LogP contribution in [-0.4, -0.2) is 19.6 Å². The van der Waals surface area contributed by atoms with Crippen molar-refractivity contribution in [3.05, 3.63) is 29.8 Å². The Labute approximate surface area is 101 Å². The second kappa shape index (κ2) is 4.37. The average molecular weight is 234 g/mol. The molecule has 0 spiro atoms. The van der Waals surface area contributed by atoms with Crippen LogP contribution in [0.5, 0.6) is 5.75 Å². The van der Waals surface area contributed by atoms with Crippen LogP contribution in [0, 0.1) is 5.92 Å². The zero-order valence-corrected chi connectivity index (χ0v) is 10.2. The van der Waals surface area contributed by atoms with E-state index in [0.717, 1.165) is 11.3 Å². The Kier molecular flexibility index (Phi) is 3.07. The molecule has 1 aromatic rings. The van der Waals surface area contributed by atoms with Gasteiger partial charge in [-0.15, -0.1) is 0 Å². The van der Waals surface area contributed by atoms with E-state index in [4.69, 9.17) is 10.5 Å². The van der Waals surface area contributed by atoms with Crippen LogP contribution in [0.2, 0.25) is 0 Å². The molecule has 17 heavy (non-hydrogen) atoms. The minimum Gasteiger partial charge on any atom is -0.493 e. The number of hydrogen-bond donors (Lipinski definition) is 2. The number of benzene rings is 1. The largest absolute Gasteiger partial charge is 0.493 e. The molecule has 0 saturated carbocycles. The van der Waals surface area contributed by atoms with Crippen molar-refractivity contribution < 1.29 is 9.53 Å². The molecule has 1 heterocycles.